The van der Waals surface area contributed by atoms with Gasteiger partial charge in [0.15, 0.2) is 5.96 Å². The second-order valence-electron chi connectivity index (χ2n) is 6.60. The van der Waals surface area contributed by atoms with Gasteiger partial charge in [0.05, 0.1) is 6.54 Å². The van der Waals surface area contributed by atoms with Gasteiger partial charge in [0.1, 0.15) is 0 Å². The SMILES string of the molecule is CCN1CCCC1CN=C(N)NCCc1c(C)[nH]c2ccccc12.I. The van der Waals surface area contributed by atoms with Crippen molar-refractivity contribution in [1.29, 1.82) is 0 Å². The summed E-state index contributed by atoms with van der Waals surface area (Å²) in [5.74, 6) is 0.565. The summed E-state index contributed by atoms with van der Waals surface area (Å²) in [5.41, 5.74) is 9.84. The first-order chi connectivity index (χ1) is 11.7. The molecule has 4 N–H and O–H groups in total. The van der Waals surface area contributed by atoms with Crippen LogP contribution in [0.2, 0.25) is 0 Å². The topological polar surface area (TPSA) is 69.4 Å². The van der Waals surface area contributed by atoms with E-state index in [0.29, 0.717) is 12.0 Å². The van der Waals surface area contributed by atoms with Gasteiger partial charge >= 0.3 is 0 Å². The van der Waals surface area contributed by atoms with Crippen LogP contribution < -0.4 is 11.1 Å². The fourth-order valence-corrected chi connectivity index (χ4v) is 3.75. The lowest BCUT2D eigenvalue weighted by molar-refractivity contribution is 0.273. The van der Waals surface area contributed by atoms with Crippen molar-refractivity contribution in [2.75, 3.05) is 26.2 Å². The van der Waals surface area contributed by atoms with Crippen molar-refractivity contribution in [3.8, 4) is 0 Å². The average molecular weight is 455 g/mol. The van der Waals surface area contributed by atoms with Gasteiger partial charge < -0.3 is 16.0 Å². The lowest BCUT2D eigenvalue weighted by atomic mass is 10.1. The molecule has 0 bridgehead atoms. The lowest BCUT2D eigenvalue weighted by Crippen LogP contribution is -2.36. The molecular formula is C19H30IN5. The van der Waals surface area contributed by atoms with Crippen LogP contribution >= 0.6 is 24.0 Å². The van der Waals surface area contributed by atoms with Crippen molar-refractivity contribution in [1.82, 2.24) is 15.2 Å². The number of fused-ring (bicyclic) bond motifs is 1. The number of nitrogens with zero attached hydrogens (tertiary/aromatic N) is 2. The Balaban J connectivity index is 0.00000225. The molecule has 1 unspecified atom stereocenters. The zero-order valence-electron chi connectivity index (χ0n) is 15.2. The summed E-state index contributed by atoms with van der Waals surface area (Å²) in [4.78, 5) is 10.5. The van der Waals surface area contributed by atoms with Gasteiger partial charge in [-0.05, 0) is 50.9 Å². The first-order valence-electron chi connectivity index (χ1n) is 9.03. The number of rotatable bonds is 6. The fourth-order valence-electron chi connectivity index (χ4n) is 3.75. The predicted octanol–water partition coefficient (Wildman–Crippen LogP) is 3.03. The summed E-state index contributed by atoms with van der Waals surface area (Å²) in [7, 11) is 0. The Labute approximate surface area is 167 Å². The molecule has 0 aliphatic carbocycles. The zero-order chi connectivity index (χ0) is 16.9. The molecule has 1 aliphatic rings. The number of aromatic amines is 1. The summed E-state index contributed by atoms with van der Waals surface area (Å²) < 4.78 is 0. The molecule has 1 aliphatic heterocycles. The number of likely N-dealkylation sites (N-methyl/N-ethyl adjacent to an activating group) is 1. The molecule has 2 heterocycles. The maximum atomic E-state index is 6.04. The number of guanidine groups is 1. The Kier molecular flexibility index (Phi) is 7.56. The van der Waals surface area contributed by atoms with E-state index in [1.54, 1.807) is 0 Å². The summed E-state index contributed by atoms with van der Waals surface area (Å²) in [5, 5.41) is 4.57. The van der Waals surface area contributed by atoms with Crippen LogP contribution in [0.4, 0.5) is 0 Å². The van der Waals surface area contributed by atoms with Crippen LogP contribution in [0.5, 0.6) is 0 Å². The Hall–Kier alpha value is -1.28. The number of para-hydroxylation sites is 1. The number of aryl methyl sites for hydroxylation is 1. The minimum Gasteiger partial charge on any atom is -0.370 e. The van der Waals surface area contributed by atoms with Crippen LogP contribution in [0.15, 0.2) is 29.3 Å². The van der Waals surface area contributed by atoms with E-state index in [2.05, 4.69) is 58.3 Å². The van der Waals surface area contributed by atoms with E-state index < -0.39 is 0 Å². The second-order valence-corrected chi connectivity index (χ2v) is 6.60. The Morgan fingerprint density at radius 1 is 1.40 bits per heavy atom. The van der Waals surface area contributed by atoms with E-state index >= 15 is 0 Å². The molecule has 3 rings (SSSR count). The van der Waals surface area contributed by atoms with Crippen LogP contribution in [-0.2, 0) is 6.42 Å². The number of hydrogen-bond acceptors (Lipinski definition) is 2. The van der Waals surface area contributed by atoms with Gasteiger partial charge in [-0.2, -0.15) is 0 Å². The molecule has 1 saturated heterocycles. The van der Waals surface area contributed by atoms with E-state index in [1.807, 2.05) is 0 Å². The number of halogens is 1. The van der Waals surface area contributed by atoms with Gasteiger partial charge in [0, 0.05) is 29.2 Å². The number of likely N-dealkylation sites (tertiary alicyclic amines) is 1. The quantitative estimate of drug-likeness (QED) is 0.356. The van der Waals surface area contributed by atoms with Gasteiger partial charge in [-0.15, -0.1) is 24.0 Å². The van der Waals surface area contributed by atoms with Crippen LogP contribution in [0.1, 0.15) is 31.0 Å². The number of hydrogen-bond donors (Lipinski definition) is 3. The maximum Gasteiger partial charge on any atom is 0.188 e. The average Bonchev–Trinajstić information content (AvgIpc) is 3.17. The van der Waals surface area contributed by atoms with E-state index in [-0.39, 0.29) is 24.0 Å². The highest BCUT2D eigenvalue weighted by molar-refractivity contribution is 14.0. The summed E-state index contributed by atoms with van der Waals surface area (Å²) in [6, 6.07) is 9.00. The minimum absolute atomic E-state index is 0. The van der Waals surface area contributed by atoms with Crippen LogP contribution in [0.3, 0.4) is 0 Å². The Morgan fingerprint density at radius 2 is 2.20 bits per heavy atom. The van der Waals surface area contributed by atoms with Crippen molar-refractivity contribution in [2.24, 2.45) is 10.7 Å². The third-order valence-corrected chi connectivity index (χ3v) is 5.09. The van der Waals surface area contributed by atoms with Gasteiger partial charge in [-0.3, -0.25) is 9.89 Å². The Bertz CT molecular complexity index is 709. The highest BCUT2D eigenvalue weighted by atomic mass is 127. The Morgan fingerprint density at radius 3 is 3.00 bits per heavy atom. The number of aromatic nitrogens is 1. The summed E-state index contributed by atoms with van der Waals surface area (Å²) in [6.07, 6.45) is 3.46. The second kappa shape index (κ2) is 9.43. The van der Waals surface area contributed by atoms with Crippen molar-refractivity contribution < 1.29 is 0 Å². The van der Waals surface area contributed by atoms with Crippen molar-refractivity contribution in [2.45, 2.75) is 39.2 Å². The highest BCUT2D eigenvalue weighted by Crippen LogP contribution is 2.21. The standard InChI is InChI=1S/C19H29N5.HI/c1-3-24-12-6-7-15(24)13-22-19(20)21-11-10-16-14(2)23-18-9-5-4-8-17(16)18;/h4-5,8-9,15,23H,3,6-7,10-13H2,1-2H3,(H3,20,21,22);1H. The first-order valence-corrected chi connectivity index (χ1v) is 9.03. The number of nitrogens with one attached hydrogen (secondary N) is 2. The van der Waals surface area contributed by atoms with Crippen LogP contribution in [0, 0.1) is 6.92 Å². The zero-order valence-corrected chi connectivity index (χ0v) is 17.5. The fraction of sp³-hybridized carbons (Fsp3) is 0.526. The van der Waals surface area contributed by atoms with Crippen LogP contribution in [-0.4, -0.2) is 48.1 Å². The molecular weight excluding hydrogens is 425 g/mol. The van der Waals surface area contributed by atoms with Gasteiger partial charge in [-0.25, -0.2) is 0 Å². The summed E-state index contributed by atoms with van der Waals surface area (Å²) in [6.45, 7) is 8.26. The normalized spacial score (nSPS) is 18.5. The maximum absolute atomic E-state index is 6.04. The van der Waals surface area contributed by atoms with Gasteiger partial charge in [0.2, 0.25) is 0 Å². The monoisotopic (exact) mass is 455 g/mol. The van der Waals surface area contributed by atoms with E-state index in [0.717, 1.165) is 26.1 Å². The highest BCUT2D eigenvalue weighted by Gasteiger charge is 2.22. The number of nitrogens with two attached hydrogens (primary N) is 1. The molecule has 5 nitrogen and oxygen atoms in total. The van der Waals surface area contributed by atoms with E-state index in [9.17, 15) is 0 Å². The molecule has 1 atom stereocenters. The summed E-state index contributed by atoms with van der Waals surface area (Å²) >= 11 is 0. The molecule has 1 fully saturated rings. The van der Waals surface area contributed by atoms with Crippen molar-refractivity contribution in [3.05, 3.63) is 35.5 Å². The molecule has 138 valence electrons. The molecule has 25 heavy (non-hydrogen) atoms. The van der Waals surface area contributed by atoms with Gasteiger partial charge in [0.25, 0.3) is 0 Å². The van der Waals surface area contributed by atoms with Crippen molar-refractivity contribution in [3.63, 3.8) is 0 Å². The molecule has 0 saturated carbocycles. The molecule has 0 spiro atoms. The predicted molar refractivity (Wildman–Crippen MR) is 117 cm³/mol. The first kappa shape index (κ1) is 20.0. The van der Waals surface area contributed by atoms with E-state index in [1.165, 1.54) is 41.5 Å². The van der Waals surface area contributed by atoms with E-state index in [4.69, 9.17) is 5.73 Å². The molecule has 0 radical (unpaired) electrons. The third-order valence-electron chi connectivity index (χ3n) is 5.09. The number of benzene rings is 1. The number of H-pyrrole nitrogens is 1. The molecule has 6 heteroatoms. The molecule has 0 amide bonds. The van der Waals surface area contributed by atoms with Crippen LogP contribution in [0.25, 0.3) is 10.9 Å². The van der Waals surface area contributed by atoms with Crippen molar-refractivity contribution >= 4 is 40.8 Å². The number of aliphatic imine (C=N–C) groups is 1. The van der Waals surface area contributed by atoms with Gasteiger partial charge in [-0.1, -0.05) is 25.1 Å². The molecule has 2 aromatic rings. The molecule has 1 aromatic carbocycles. The lowest BCUT2D eigenvalue weighted by Gasteiger charge is -2.20. The largest absolute Gasteiger partial charge is 0.370 e. The molecule has 1 aromatic heterocycles. The third kappa shape index (κ3) is 4.88. The minimum atomic E-state index is 0. The smallest absolute Gasteiger partial charge is 0.188 e.